The van der Waals surface area contributed by atoms with Crippen molar-refractivity contribution in [3.05, 3.63) is 44.1 Å². The molecule has 0 fully saturated rings. The second kappa shape index (κ2) is 7.59. The van der Waals surface area contributed by atoms with Gasteiger partial charge in [0.2, 0.25) is 0 Å². The van der Waals surface area contributed by atoms with Gasteiger partial charge in [0.15, 0.2) is 5.82 Å². The lowest BCUT2D eigenvalue weighted by molar-refractivity contribution is -0.395. The highest BCUT2D eigenvalue weighted by Crippen LogP contribution is 2.33. The van der Waals surface area contributed by atoms with Gasteiger partial charge in [-0.25, -0.2) is 13.4 Å². The average Bonchev–Trinajstić information content (AvgIpc) is 2.60. The van der Waals surface area contributed by atoms with Crippen molar-refractivity contribution < 1.29 is 23.0 Å². The molecule has 1 aromatic heterocycles. The van der Waals surface area contributed by atoms with Gasteiger partial charge in [0.05, 0.1) is 23.2 Å². The van der Waals surface area contributed by atoms with E-state index in [4.69, 9.17) is 4.74 Å². The molecule has 0 unspecified atom stereocenters. The molecule has 0 bridgehead atoms. The van der Waals surface area contributed by atoms with Gasteiger partial charge in [0, 0.05) is 26.2 Å². The van der Waals surface area contributed by atoms with Crippen LogP contribution in [0.2, 0.25) is 0 Å². The van der Waals surface area contributed by atoms with Crippen molar-refractivity contribution in [2.24, 2.45) is 0 Å². The predicted octanol–water partition coefficient (Wildman–Crippen LogP) is 1.48. The van der Waals surface area contributed by atoms with E-state index in [1.54, 1.807) is 14.1 Å². The molecule has 0 saturated heterocycles. The Labute approximate surface area is 159 Å². The van der Waals surface area contributed by atoms with Gasteiger partial charge in [-0.2, -0.15) is 4.98 Å². The van der Waals surface area contributed by atoms with E-state index in [0.29, 0.717) is 0 Å². The molecule has 0 saturated carbocycles. The summed E-state index contributed by atoms with van der Waals surface area (Å²) in [5.41, 5.74) is -1.67. The van der Waals surface area contributed by atoms with Crippen LogP contribution in [-0.4, -0.2) is 49.4 Å². The number of rotatable bonds is 7. The molecule has 28 heavy (non-hydrogen) atoms. The van der Waals surface area contributed by atoms with E-state index in [1.807, 2.05) is 0 Å². The van der Waals surface area contributed by atoms with Crippen LogP contribution in [0.3, 0.4) is 0 Å². The normalized spacial score (nSPS) is 11.0. The zero-order valence-electron chi connectivity index (χ0n) is 15.2. The van der Waals surface area contributed by atoms with Gasteiger partial charge in [-0.1, -0.05) is 0 Å². The Bertz CT molecular complexity index is 1020. The second-order valence-electron chi connectivity index (χ2n) is 5.69. The molecular formula is C14H16N6O7S. The Morgan fingerprint density at radius 2 is 1.68 bits per heavy atom. The summed E-state index contributed by atoms with van der Waals surface area (Å²) in [5, 5.41) is 22.4. The number of nitro groups is 2. The molecule has 13 nitrogen and oxygen atoms in total. The van der Waals surface area contributed by atoms with Crippen LogP contribution in [0.1, 0.15) is 5.56 Å². The fourth-order valence-corrected chi connectivity index (χ4v) is 3.35. The molecule has 1 heterocycles. The van der Waals surface area contributed by atoms with E-state index in [9.17, 15) is 28.6 Å². The van der Waals surface area contributed by atoms with Gasteiger partial charge in [-0.05, 0) is 6.92 Å². The molecule has 0 aliphatic rings. The first-order valence-corrected chi connectivity index (χ1v) is 9.01. The molecule has 0 aliphatic carbocycles. The number of aromatic nitrogens is 2. The summed E-state index contributed by atoms with van der Waals surface area (Å²) in [7, 11) is 0.109. The number of nitrogens with zero attached hydrogens (tertiary/aromatic N) is 5. The van der Waals surface area contributed by atoms with Crippen molar-refractivity contribution in [3.63, 3.8) is 0 Å². The predicted molar refractivity (Wildman–Crippen MR) is 98.2 cm³/mol. The molecule has 2 aromatic rings. The number of hydrogen-bond acceptors (Lipinski definition) is 10. The van der Waals surface area contributed by atoms with E-state index >= 15 is 0 Å². The van der Waals surface area contributed by atoms with E-state index < -0.39 is 36.1 Å². The Hall–Kier alpha value is -3.55. The third-order valence-electron chi connectivity index (χ3n) is 3.63. The van der Waals surface area contributed by atoms with Crippen molar-refractivity contribution in [1.29, 1.82) is 0 Å². The largest absolute Gasteiger partial charge is 0.467 e. The minimum absolute atomic E-state index is 0.00624. The lowest BCUT2D eigenvalue weighted by Gasteiger charge is -2.17. The van der Waals surface area contributed by atoms with Gasteiger partial charge in [-0.3, -0.25) is 25.0 Å². The van der Waals surface area contributed by atoms with Crippen molar-refractivity contribution in [2.45, 2.75) is 11.8 Å². The fraction of sp³-hybridized carbons (Fsp3) is 0.286. The molecule has 0 radical (unpaired) electrons. The number of benzene rings is 1. The lowest BCUT2D eigenvalue weighted by atomic mass is 10.1. The van der Waals surface area contributed by atoms with Crippen LogP contribution >= 0.6 is 0 Å². The smallest absolute Gasteiger partial charge is 0.318 e. The van der Waals surface area contributed by atoms with Crippen molar-refractivity contribution in [1.82, 2.24) is 9.97 Å². The van der Waals surface area contributed by atoms with Gasteiger partial charge in [0.25, 0.3) is 21.4 Å². The number of methoxy groups -OCH3 is 1. The van der Waals surface area contributed by atoms with Crippen LogP contribution in [0.25, 0.3) is 0 Å². The molecule has 150 valence electrons. The zero-order chi connectivity index (χ0) is 21.2. The third kappa shape index (κ3) is 4.06. The number of ether oxygens (including phenoxy) is 1. The standard InChI is InChI=1S/C14H16N6O7S/c1-8-11(19(21)22)5-9(6-12(8)20(23)24)28(25,26)17-10-7-15-14(27-4)16-13(10)18(2)3/h5-7,17H,1-4H3. The van der Waals surface area contributed by atoms with Crippen LogP contribution in [0, 0.1) is 27.2 Å². The summed E-state index contributed by atoms with van der Waals surface area (Å²) in [5.74, 6) is 0.159. The van der Waals surface area contributed by atoms with Crippen LogP contribution < -0.4 is 14.4 Å². The number of nitro benzene ring substituents is 2. The van der Waals surface area contributed by atoms with Gasteiger partial charge >= 0.3 is 6.01 Å². The number of nitrogens with one attached hydrogen (secondary N) is 1. The maximum Gasteiger partial charge on any atom is 0.318 e. The minimum Gasteiger partial charge on any atom is -0.467 e. The van der Waals surface area contributed by atoms with Crippen LogP contribution in [0.4, 0.5) is 22.9 Å². The Balaban J connectivity index is 2.60. The van der Waals surface area contributed by atoms with E-state index in [0.717, 1.165) is 18.3 Å². The highest BCUT2D eigenvalue weighted by atomic mass is 32.2. The summed E-state index contributed by atoms with van der Waals surface area (Å²) >= 11 is 0. The molecule has 2 rings (SSSR count). The summed E-state index contributed by atoms with van der Waals surface area (Å²) in [4.78, 5) is 29.3. The SMILES string of the molecule is COc1ncc(NS(=O)(=O)c2cc([N+](=O)[O-])c(C)c([N+](=O)[O-])c2)c(N(C)C)n1. The summed E-state index contributed by atoms with van der Waals surface area (Å²) in [6.45, 7) is 1.17. The van der Waals surface area contributed by atoms with Crippen LogP contribution in [0.15, 0.2) is 23.2 Å². The first-order valence-electron chi connectivity index (χ1n) is 7.52. The number of anilines is 2. The maximum atomic E-state index is 12.7. The monoisotopic (exact) mass is 412 g/mol. The molecule has 1 N–H and O–H groups in total. The summed E-state index contributed by atoms with van der Waals surface area (Å²) < 4.78 is 32.5. The Kier molecular flexibility index (Phi) is 5.63. The highest BCUT2D eigenvalue weighted by molar-refractivity contribution is 7.92. The topological polar surface area (TPSA) is 171 Å². The molecule has 0 aliphatic heterocycles. The quantitative estimate of drug-likeness (QED) is 0.518. The van der Waals surface area contributed by atoms with Crippen molar-refractivity contribution in [3.8, 4) is 6.01 Å². The Morgan fingerprint density at radius 3 is 2.11 bits per heavy atom. The zero-order valence-corrected chi connectivity index (χ0v) is 16.1. The van der Waals surface area contributed by atoms with Crippen molar-refractivity contribution >= 4 is 32.9 Å². The van der Waals surface area contributed by atoms with E-state index in [2.05, 4.69) is 14.7 Å². The summed E-state index contributed by atoms with van der Waals surface area (Å²) in [6, 6.07) is 1.50. The van der Waals surface area contributed by atoms with Gasteiger partial charge < -0.3 is 9.64 Å². The number of hydrogen-bond donors (Lipinski definition) is 1. The maximum absolute atomic E-state index is 12.7. The van der Waals surface area contributed by atoms with Gasteiger partial charge in [0.1, 0.15) is 16.1 Å². The molecule has 0 amide bonds. The lowest BCUT2D eigenvalue weighted by Crippen LogP contribution is -2.19. The molecule has 1 aromatic carbocycles. The van der Waals surface area contributed by atoms with E-state index in [1.165, 1.54) is 18.9 Å². The molecule has 0 spiro atoms. The Morgan fingerprint density at radius 1 is 1.14 bits per heavy atom. The fourth-order valence-electron chi connectivity index (χ4n) is 2.27. The second-order valence-corrected chi connectivity index (χ2v) is 7.38. The average molecular weight is 412 g/mol. The molecule has 0 atom stereocenters. The number of sulfonamides is 1. The van der Waals surface area contributed by atoms with Crippen LogP contribution in [0.5, 0.6) is 6.01 Å². The van der Waals surface area contributed by atoms with E-state index in [-0.39, 0.29) is 23.1 Å². The first kappa shape index (κ1) is 20.8. The van der Waals surface area contributed by atoms with Crippen LogP contribution in [-0.2, 0) is 10.0 Å². The van der Waals surface area contributed by atoms with Gasteiger partial charge in [-0.15, -0.1) is 0 Å². The third-order valence-corrected chi connectivity index (χ3v) is 4.97. The summed E-state index contributed by atoms with van der Waals surface area (Å²) in [6.07, 6.45) is 1.15. The highest BCUT2D eigenvalue weighted by Gasteiger charge is 2.29. The molecular weight excluding hydrogens is 396 g/mol. The van der Waals surface area contributed by atoms with Crippen molar-refractivity contribution in [2.75, 3.05) is 30.8 Å². The molecule has 14 heteroatoms. The minimum atomic E-state index is -4.42. The first-order chi connectivity index (χ1) is 13.0.